The zero-order valence-electron chi connectivity index (χ0n) is 23.5. The second kappa shape index (κ2) is 12.8. The molecular weight excluding hydrogens is 552 g/mol. The number of hydrogen-bond acceptors (Lipinski definition) is 4. The summed E-state index contributed by atoms with van der Waals surface area (Å²) < 4.78 is 41.2. The van der Waals surface area contributed by atoms with Gasteiger partial charge in [-0.3, -0.25) is 0 Å². The predicted octanol–water partition coefficient (Wildman–Crippen LogP) is 9.01. The molecule has 0 aliphatic rings. The molecule has 0 saturated heterocycles. The lowest BCUT2D eigenvalue weighted by Gasteiger charge is -2.17. The minimum Gasteiger partial charge on any atom is -0.489 e. The van der Waals surface area contributed by atoms with Crippen molar-refractivity contribution < 1.29 is 17.9 Å². The third kappa shape index (κ3) is 6.53. The SMILES string of the molecule is O=S(=O)(c1ccc(OCc2ccccc2)cc1-c1ccccc1)c1ccc(OCc2ccccc2)cc1-c1ccccc1. The lowest BCUT2D eigenvalue weighted by atomic mass is 10.1. The Labute approximate surface area is 252 Å². The first-order valence-corrected chi connectivity index (χ1v) is 15.5. The van der Waals surface area contributed by atoms with Gasteiger partial charge in [-0.1, -0.05) is 121 Å². The van der Waals surface area contributed by atoms with Gasteiger partial charge in [0.1, 0.15) is 24.7 Å². The largest absolute Gasteiger partial charge is 0.489 e. The van der Waals surface area contributed by atoms with Gasteiger partial charge < -0.3 is 9.47 Å². The summed E-state index contributed by atoms with van der Waals surface area (Å²) >= 11 is 0. The molecule has 0 heterocycles. The van der Waals surface area contributed by atoms with Crippen molar-refractivity contribution in [2.45, 2.75) is 23.0 Å². The minimum atomic E-state index is -3.98. The number of hydrogen-bond donors (Lipinski definition) is 0. The summed E-state index contributed by atoms with van der Waals surface area (Å²) in [6.07, 6.45) is 0. The first-order chi connectivity index (χ1) is 21.1. The summed E-state index contributed by atoms with van der Waals surface area (Å²) in [6, 6.07) is 49.2. The minimum absolute atomic E-state index is 0.209. The van der Waals surface area contributed by atoms with Crippen molar-refractivity contribution in [1.29, 1.82) is 0 Å². The van der Waals surface area contributed by atoms with E-state index in [1.165, 1.54) is 0 Å². The van der Waals surface area contributed by atoms with Gasteiger partial charge in [0.05, 0.1) is 9.79 Å². The molecule has 0 spiro atoms. The van der Waals surface area contributed by atoms with Crippen molar-refractivity contribution in [3.05, 3.63) is 169 Å². The average molecular weight is 583 g/mol. The van der Waals surface area contributed by atoms with Crippen molar-refractivity contribution in [3.8, 4) is 33.8 Å². The normalized spacial score (nSPS) is 11.2. The van der Waals surface area contributed by atoms with Gasteiger partial charge in [-0.15, -0.1) is 0 Å². The third-order valence-corrected chi connectivity index (χ3v) is 9.02. The lowest BCUT2D eigenvalue weighted by Crippen LogP contribution is -2.07. The molecule has 0 saturated carbocycles. The van der Waals surface area contributed by atoms with Gasteiger partial charge in [-0.25, -0.2) is 8.42 Å². The van der Waals surface area contributed by atoms with E-state index in [1.54, 1.807) is 24.3 Å². The molecule has 0 aliphatic carbocycles. The third-order valence-electron chi connectivity index (χ3n) is 7.15. The molecule has 6 rings (SSSR count). The summed E-state index contributed by atoms with van der Waals surface area (Å²) in [5.74, 6) is 1.18. The summed E-state index contributed by atoms with van der Waals surface area (Å²) in [5, 5.41) is 0. The van der Waals surface area contributed by atoms with E-state index in [1.807, 2.05) is 133 Å². The highest BCUT2D eigenvalue weighted by molar-refractivity contribution is 7.91. The predicted molar refractivity (Wildman–Crippen MR) is 171 cm³/mol. The van der Waals surface area contributed by atoms with E-state index in [2.05, 4.69) is 0 Å². The second-order valence-corrected chi connectivity index (χ2v) is 12.0. The molecule has 0 bridgehead atoms. The quantitative estimate of drug-likeness (QED) is 0.162. The maximum absolute atomic E-state index is 14.5. The van der Waals surface area contributed by atoms with Crippen molar-refractivity contribution in [1.82, 2.24) is 0 Å². The number of rotatable bonds is 10. The van der Waals surface area contributed by atoms with E-state index >= 15 is 0 Å². The Bertz CT molecular complexity index is 1770. The molecule has 43 heavy (non-hydrogen) atoms. The first kappa shape index (κ1) is 28.0. The average Bonchev–Trinajstić information content (AvgIpc) is 3.08. The fraction of sp³-hybridized carbons (Fsp3) is 0.0526. The molecule has 0 N–H and O–H groups in total. The van der Waals surface area contributed by atoms with Crippen LogP contribution in [0.2, 0.25) is 0 Å². The summed E-state index contributed by atoms with van der Waals surface area (Å²) in [5.41, 5.74) is 4.79. The van der Waals surface area contributed by atoms with Crippen molar-refractivity contribution in [2.24, 2.45) is 0 Å². The highest BCUT2D eigenvalue weighted by atomic mass is 32.2. The molecule has 5 heteroatoms. The van der Waals surface area contributed by atoms with E-state index < -0.39 is 9.84 Å². The van der Waals surface area contributed by atoms with Gasteiger partial charge in [-0.2, -0.15) is 0 Å². The van der Waals surface area contributed by atoms with Gasteiger partial charge in [-0.05, 0) is 58.7 Å². The van der Waals surface area contributed by atoms with Crippen LogP contribution in [0.1, 0.15) is 11.1 Å². The molecular formula is C38H30O4S. The Morgan fingerprint density at radius 1 is 0.419 bits per heavy atom. The van der Waals surface area contributed by atoms with Crippen LogP contribution in [0.5, 0.6) is 11.5 Å². The highest BCUT2D eigenvalue weighted by Gasteiger charge is 2.26. The summed E-state index contributed by atoms with van der Waals surface area (Å²) in [4.78, 5) is 0.418. The van der Waals surface area contributed by atoms with Gasteiger partial charge >= 0.3 is 0 Å². The summed E-state index contributed by atoms with van der Waals surface area (Å²) in [6.45, 7) is 0.757. The molecule has 0 aromatic heterocycles. The topological polar surface area (TPSA) is 52.6 Å². The summed E-state index contributed by atoms with van der Waals surface area (Å²) in [7, 11) is -3.98. The van der Waals surface area contributed by atoms with E-state index in [9.17, 15) is 8.42 Å². The highest BCUT2D eigenvalue weighted by Crippen LogP contribution is 2.39. The van der Waals surface area contributed by atoms with Crippen LogP contribution in [0.25, 0.3) is 22.3 Å². The standard InChI is InChI=1S/C38H30O4S/c39-43(40,37-23-21-33(41-27-29-13-5-1-6-14-29)25-35(37)31-17-9-3-10-18-31)38-24-22-34(42-28-30-15-7-2-8-16-30)26-36(38)32-19-11-4-12-20-32/h1-26H,27-28H2. The van der Waals surface area contributed by atoms with Gasteiger partial charge in [0.15, 0.2) is 0 Å². The van der Waals surface area contributed by atoms with Crippen molar-refractivity contribution >= 4 is 9.84 Å². The van der Waals surface area contributed by atoms with E-state index in [0.717, 1.165) is 22.3 Å². The smallest absolute Gasteiger partial charge is 0.207 e. The lowest BCUT2D eigenvalue weighted by molar-refractivity contribution is 0.306. The van der Waals surface area contributed by atoms with Gasteiger partial charge in [0, 0.05) is 11.1 Å². The van der Waals surface area contributed by atoms with Crippen LogP contribution >= 0.6 is 0 Å². The van der Waals surface area contributed by atoms with E-state index in [0.29, 0.717) is 35.8 Å². The fourth-order valence-corrected chi connectivity index (χ4v) is 6.62. The second-order valence-electron chi connectivity index (χ2n) is 10.1. The molecule has 212 valence electrons. The molecule has 6 aromatic rings. The molecule has 0 radical (unpaired) electrons. The van der Waals surface area contributed by atoms with Crippen LogP contribution < -0.4 is 9.47 Å². The monoisotopic (exact) mass is 582 g/mol. The molecule has 0 amide bonds. The van der Waals surface area contributed by atoms with Gasteiger partial charge in [0.25, 0.3) is 0 Å². The van der Waals surface area contributed by atoms with E-state index in [4.69, 9.17) is 9.47 Å². The Morgan fingerprint density at radius 2 is 0.767 bits per heavy atom. The Balaban J connectivity index is 1.41. The number of ether oxygens (including phenoxy) is 2. The van der Waals surface area contributed by atoms with Crippen LogP contribution in [0.3, 0.4) is 0 Å². The van der Waals surface area contributed by atoms with Crippen LogP contribution in [-0.2, 0) is 23.1 Å². The van der Waals surface area contributed by atoms with Crippen molar-refractivity contribution in [3.63, 3.8) is 0 Å². The Kier molecular flexibility index (Phi) is 8.34. The Morgan fingerprint density at radius 3 is 1.14 bits per heavy atom. The van der Waals surface area contributed by atoms with Crippen molar-refractivity contribution in [2.75, 3.05) is 0 Å². The first-order valence-electron chi connectivity index (χ1n) is 14.1. The van der Waals surface area contributed by atoms with Crippen LogP contribution in [0.4, 0.5) is 0 Å². The molecule has 0 fully saturated rings. The maximum Gasteiger partial charge on any atom is 0.207 e. The van der Waals surface area contributed by atoms with Crippen LogP contribution in [0.15, 0.2) is 168 Å². The molecule has 6 aromatic carbocycles. The number of benzene rings is 6. The van der Waals surface area contributed by atoms with Crippen LogP contribution in [0, 0.1) is 0 Å². The zero-order chi connectivity index (χ0) is 29.5. The zero-order valence-corrected chi connectivity index (χ0v) is 24.3. The molecule has 0 aliphatic heterocycles. The molecule has 4 nitrogen and oxygen atoms in total. The molecule has 0 atom stereocenters. The van der Waals surface area contributed by atoms with E-state index in [-0.39, 0.29) is 9.79 Å². The Hall–Kier alpha value is -5.13. The molecule has 0 unspecified atom stereocenters. The van der Waals surface area contributed by atoms with Gasteiger partial charge in [0.2, 0.25) is 9.84 Å². The fourth-order valence-electron chi connectivity index (χ4n) is 4.95. The number of sulfone groups is 1. The maximum atomic E-state index is 14.5. The van der Waals surface area contributed by atoms with Crippen LogP contribution in [-0.4, -0.2) is 8.42 Å².